The van der Waals surface area contributed by atoms with Crippen LogP contribution in [-0.2, 0) is 9.53 Å². The smallest absolute Gasteiger partial charge is 0.407 e. The van der Waals surface area contributed by atoms with Crippen molar-refractivity contribution in [2.75, 3.05) is 18.1 Å². The Kier molecular flexibility index (Phi) is 6.32. The summed E-state index contributed by atoms with van der Waals surface area (Å²) in [6.45, 7) is 6.27. The molecule has 0 spiro atoms. The van der Waals surface area contributed by atoms with E-state index in [9.17, 15) is 14.0 Å². The van der Waals surface area contributed by atoms with E-state index in [1.165, 1.54) is 12.1 Å². The first-order chi connectivity index (χ1) is 19.2. The Hall–Kier alpha value is -4.60. The van der Waals surface area contributed by atoms with E-state index in [2.05, 4.69) is 10.4 Å². The average Bonchev–Trinajstić information content (AvgIpc) is 3.47. The van der Waals surface area contributed by atoms with Crippen LogP contribution in [0.4, 0.5) is 14.9 Å². The number of fused-ring (bicyclic) bond motifs is 2. The van der Waals surface area contributed by atoms with E-state index in [0.717, 1.165) is 22.2 Å². The molecule has 0 aliphatic carbocycles. The SMILES string of the molecule is CC(C)(C)OC(=O)N[C@H]1CC(=O)N(c2ccc3c(cnn3-c3ccc(F)cc3)c2)C1c1ccc2c(c1)OCCO2. The van der Waals surface area contributed by atoms with E-state index in [0.29, 0.717) is 30.4 Å². The molecule has 206 valence electrons. The number of nitrogens with zero attached hydrogens (tertiary/aromatic N) is 3. The Balaban J connectivity index is 1.38. The summed E-state index contributed by atoms with van der Waals surface area (Å²) in [4.78, 5) is 28.0. The van der Waals surface area contributed by atoms with E-state index in [-0.39, 0.29) is 18.1 Å². The maximum absolute atomic E-state index is 13.5. The van der Waals surface area contributed by atoms with Crippen LogP contribution >= 0.6 is 0 Å². The van der Waals surface area contributed by atoms with Crippen molar-refractivity contribution in [1.29, 1.82) is 0 Å². The zero-order valence-electron chi connectivity index (χ0n) is 22.4. The van der Waals surface area contributed by atoms with E-state index in [1.807, 2.05) is 36.4 Å². The van der Waals surface area contributed by atoms with Gasteiger partial charge < -0.3 is 24.4 Å². The molecule has 10 heteroatoms. The van der Waals surface area contributed by atoms with Gasteiger partial charge in [-0.05, 0) is 80.9 Å². The topological polar surface area (TPSA) is 94.9 Å². The molecule has 0 bridgehead atoms. The number of nitrogens with one attached hydrogen (secondary N) is 1. The Morgan fingerprint density at radius 1 is 1.00 bits per heavy atom. The van der Waals surface area contributed by atoms with Crippen LogP contribution < -0.4 is 19.7 Å². The van der Waals surface area contributed by atoms with E-state index < -0.39 is 23.8 Å². The molecule has 1 saturated heterocycles. The molecule has 1 N–H and O–H groups in total. The summed E-state index contributed by atoms with van der Waals surface area (Å²) >= 11 is 0. The normalized spacial score (nSPS) is 18.7. The lowest BCUT2D eigenvalue weighted by Gasteiger charge is -2.31. The lowest BCUT2D eigenvalue weighted by molar-refractivity contribution is -0.117. The molecule has 2 amide bonds. The number of halogens is 1. The van der Waals surface area contributed by atoms with Gasteiger partial charge in [0.1, 0.15) is 24.6 Å². The zero-order valence-corrected chi connectivity index (χ0v) is 22.4. The third kappa shape index (κ3) is 4.92. The van der Waals surface area contributed by atoms with Crippen molar-refractivity contribution in [3.63, 3.8) is 0 Å². The summed E-state index contributed by atoms with van der Waals surface area (Å²) in [7, 11) is 0. The van der Waals surface area contributed by atoms with Crippen molar-refractivity contribution in [3.8, 4) is 17.2 Å². The van der Waals surface area contributed by atoms with Gasteiger partial charge in [0, 0.05) is 17.5 Å². The third-order valence-electron chi connectivity index (χ3n) is 6.83. The number of alkyl carbamates (subject to hydrolysis) is 1. The van der Waals surface area contributed by atoms with Gasteiger partial charge in [-0.1, -0.05) is 6.07 Å². The van der Waals surface area contributed by atoms with Gasteiger partial charge in [0.25, 0.3) is 0 Å². The van der Waals surface area contributed by atoms with Crippen LogP contribution in [0.5, 0.6) is 11.5 Å². The molecular formula is C30H29FN4O5. The monoisotopic (exact) mass is 544 g/mol. The van der Waals surface area contributed by atoms with Crippen LogP contribution in [0, 0.1) is 5.82 Å². The first-order valence-electron chi connectivity index (χ1n) is 13.1. The highest BCUT2D eigenvalue weighted by atomic mass is 19.1. The highest BCUT2D eigenvalue weighted by molar-refractivity contribution is 6.00. The van der Waals surface area contributed by atoms with Gasteiger partial charge in [0.15, 0.2) is 11.5 Å². The van der Waals surface area contributed by atoms with Gasteiger partial charge in [0.05, 0.1) is 29.5 Å². The minimum atomic E-state index is -0.686. The Labute approximate surface area is 230 Å². The summed E-state index contributed by atoms with van der Waals surface area (Å²) in [6, 6.07) is 16.2. The van der Waals surface area contributed by atoms with Gasteiger partial charge in [-0.3, -0.25) is 4.79 Å². The number of carbonyl (C=O) groups is 2. The number of amides is 2. The lowest BCUT2D eigenvalue weighted by Crippen LogP contribution is -2.42. The second-order valence-corrected chi connectivity index (χ2v) is 10.8. The number of anilines is 1. The number of ether oxygens (including phenoxy) is 3. The van der Waals surface area contributed by atoms with E-state index in [1.54, 1.807) is 48.7 Å². The fraction of sp³-hybridized carbons (Fsp3) is 0.300. The van der Waals surface area contributed by atoms with Crippen LogP contribution in [0.15, 0.2) is 66.9 Å². The molecule has 9 nitrogen and oxygen atoms in total. The molecule has 3 aromatic carbocycles. The van der Waals surface area contributed by atoms with Gasteiger partial charge in [-0.25, -0.2) is 13.9 Å². The Morgan fingerprint density at radius 2 is 1.73 bits per heavy atom. The lowest BCUT2D eigenvalue weighted by atomic mass is 9.99. The molecule has 3 heterocycles. The minimum absolute atomic E-state index is 0.0885. The fourth-order valence-electron chi connectivity index (χ4n) is 5.21. The summed E-state index contributed by atoms with van der Waals surface area (Å²) in [5.74, 6) is 0.758. The van der Waals surface area contributed by atoms with Crippen molar-refractivity contribution in [3.05, 3.63) is 78.2 Å². The second kappa shape index (κ2) is 9.86. The largest absolute Gasteiger partial charge is 0.486 e. The highest BCUT2D eigenvalue weighted by Crippen LogP contribution is 2.42. The van der Waals surface area contributed by atoms with Crippen LogP contribution in [0.2, 0.25) is 0 Å². The van der Waals surface area contributed by atoms with Crippen molar-refractivity contribution < 1.29 is 28.2 Å². The number of carbonyl (C=O) groups excluding carboxylic acids is 2. The molecule has 4 aromatic rings. The molecule has 1 unspecified atom stereocenters. The second-order valence-electron chi connectivity index (χ2n) is 10.8. The van der Waals surface area contributed by atoms with Crippen molar-refractivity contribution in [2.24, 2.45) is 0 Å². The summed E-state index contributed by atoms with van der Waals surface area (Å²) < 4.78 is 32.2. The molecule has 1 aromatic heterocycles. The minimum Gasteiger partial charge on any atom is -0.486 e. The molecule has 0 radical (unpaired) electrons. The fourth-order valence-corrected chi connectivity index (χ4v) is 5.21. The zero-order chi connectivity index (χ0) is 28.0. The number of rotatable bonds is 4. The quantitative estimate of drug-likeness (QED) is 0.374. The number of benzene rings is 3. The predicted octanol–water partition coefficient (Wildman–Crippen LogP) is 5.31. The van der Waals surface area contributed by atoms with Crippen molar-refractivity contribution in [1.82, 2.24) is 15.1 Å². The van der Waals surface area contributed by atoms with Crippen LogP contribution in [0.3, 0.4) is 0 Å². The maximum atomic E-state index is 13.5. The van der Waals surface area contributed by atoms with Gasteiger partial charge in [-0.2, -0.15) is 5.10 Å². The van der Waals surface area contributed by atoms with Gasteiger partial charge in [0.2, 0.25) is 5.91 Å². The molecule has 2 atom stereocenters. The van der Waals surface area contributed by atoms with Gasteiger partial charge in [-0.15, -0.1) is 0 Å². The molecule has 2 aliphatic heterocycles. The standard InChI is InChI=1S/C30H29FN4O5/c1-30(2,3)40-29(37)33-23-16-27(36)34(28(23)18-4-11-25-26(15-18)39-13-12-38-25)22-9-10-24-19(14-22)17-32-35(24)21-7-5-20(31)6-8-21/h4-11,14-15,17,23,28H,12-13,16H2,1-3H3,(H,33,37)/t23-,28?/m0/s1. The molecular weight excluding hydrogens is 515 g/mol. The maximum Gasteiger partial charge on any atom is 0.407 e. The number of hydrogen-bond acceptors (Lipinski definition) is 6. The third-order valence-corrected chi connectivity index (χ3v) is 6.83. The predicted molar refractivity (Wildman–Crippen MR) is 146 cm³/mol. The van der Waals surface area contributed by atoms with E-state index >= 15 is 0 Å². The highest BCUT2D eigenvalue weighted by Gasteiger charge is 2.43. The molecule has 2 aliphatic rings. The first-order valence-corrected chi connectivity index (χ1v) is 13.1. The Morgan fingerprint density at radius 3 is 2.48 bits per heavy atom. The summed E-state index contributed by atoms with van der Waals surface area (Å²) in [6.07, 6.45) is 1.20. The summed E-state index contributed by atoms with van der Waals surface area (Å²) in [5, 5.41) is 8.21. The van der Waals surface area contributed by atoms with Crippen LogP contribution in [-0.4, -0.2) is 46.6 Å². The molecule has 40 heavy (non-hydrogen) atoms. The number of hydrogen-bond donors (Lipinski definition) is 1. The summed E-state index contributed by atoms with van der Waals surface area (Å²) in [5.41, 5.74) is 2.29. The van der Waals surface area contributed by atoms with Crippen molar-refractivity contribution >= 4 is 28.6 Å². The number of aromatic nitrogens is 2. The molecule has 0 saturated carbocycles. The van der Waals surface area contributed by atoms with Gasteiger partial charge >= 0.3 is 6.09 Å². The van der Waals surface area contributed by atoms with Crippen LogP contribution in [0.25, 0.3) is 16.6 Å². The van der Waals surface area contributed by atoms with Crippen molar-refractivity contribution in [2.45, 2.75) is 44.9 Å². The molecule has 1 fully saturated rings. The Bertz CT molecular complexity index is 1590. The van der Waals surface area contributed by atoms with E-state index in [4.69, 9.17) is 14.2 Å². The molecule has 6 rings (SSSR count). The first kappa shape index (κ1) is 25.7. The average molecular weight is 545 g/mol. The van der Waals surface area contributed by atoms with Crippen LogP contribution in [0.1, 0.15) is 38.8 Å².